The van der Waals surface area contributed by atoms with Gasteiger partial charge in [0.2, 0.25) is 0 Å². The van der Waals surface area contributed by atoms with E-state index in [4.69, 9.17) is 4.74 Å². The van der Waals surface area contributed by atoms with Gasteiger partial charge in [0.05, 0.1) is 24.1 Å². The highest BCUT2D eigenvalue weighted by atomic mass is 16.5. The summed E-state index contributed by atoms with van der Waals surface area (Å²) in [5.41, 5.74) is 9.75. The van der Waals surface area contributed by atoms with Gasteiger partial charge in [-0.2, -0.15) is 0 Å². The Morgan fingerprint density at radius 2 is 1.29 bits per heavy atom. The molecule has 1 N–H and O–H groups in total. The number of hydrogen-bond acceptors (Lipinski definition) is 6. The summed E-state index contributed by atoms with van der Waals surface area (Å²) in [6.07, 6.45) is 3.79. The number of rotatable bonds is 5. The van der Waals surface area contributed by atoms with Crippen LogP contribution in [0.3, 0.4) is 0 Å². The zero-order valence-corrected chi connectivity index (χ0v) is 24.4. The second kappa shape index (κ2) is 9.87. The SMILES string of the molecule is COc1cc2c(cc1C)C1=C3C(=C4c5cc(C=O)c(C=O)cc5C(c5ccccc5)=CN4C3O)C(=O)N1C=C2c1ccccc1. The van der Waals surface area contributed by atoms with Crippen molar-refractivity contribution in [3.8, 4) is 5.75 Å². The molecule has 8 rings (SSSR count). The molecule has 0 saturated heterocycles. The van der Waals surface area contributed by atoms with Crippen LogP contribution in [0.4, 0.5) is 0 Å². The number of aryl methyl sites for hydroxylation is 1. The first-order valence-corrected chi connectivity index (χ1v) is 14.6. The van der Waals surface area contributed by atoms with Crippen molar-refractivity contribution < 1.29 is 24.2 Å². The number of hydrogen-bond donors (Lipinski definition) is 1. The molecule has 4 aromatic carbocycles. The first kappa shape index (κ1) is 26.8. The van der Waals surface area contributed by atoms with Crippen molar-refractivity contribution in [2.24, 2.45) is 0 Å². The summed E-state index contributed by atoms with van der Waals surface area (Å²) >= 11 is 0. The van der Waals surface area contributed by atoms with Gasteiger partial charge in [-0.3, -0.25) is 19.3 Å². The Hall–Kier alpha value is -5.79. The van der Waals surface area contributed by atoms with E-state index in [0.29, 0.717) is 46.2 Å². The summed E-state index contributed by atoms with van der Waals surface area (Å²) in [5.74, 6) is 0.442. The van der Waals surface area contributed by atoms with Crippen LogP contribution in [0.25, 0.3) is 22.5 Å². The average Bonchev–Trinajstić information content (AvgIpc) is 3.54. The number of aldehydes is 2. The van der Waals surface area contributed by atoms with E-state index in [9.17, 15) is 19.5 Å². The molecule has 4 heterocycles. The van der Waals surface area contributed by atoms with Crippen molar-refractivity contribution >= 4 is 41.0 Å². The van der Waals surface area contributed by atoms with Gasteiger partial charge in [0.15, 0.2) is 18.8 Å². The van der Waals surface area contributed by atoms with Gasteiger partial charge in [0.25, 0.3) is 5.91 Å². The van der Waals surface area contributed by atoms with Gasteiger partial charge in [0, 0.05) is 51.4 Å². The third-order valence-corrected chi connectivity index (χ3v) is 9.01. The number of carbonyl (C=O) groups is 3. The summed E-state index contributed by atoms with van der Waals surface area (Å²) in [6.45, 7) is 1.95. The number of amides is 1. The van der Waals surface area contributed by atoms with Gasteiger partial charge in [-0.1, -0.05) is 60.7 Å². The molecule has 4 aliphatic rings. The van der Waals surface area contributed by atoms with Gasteiger partial charge in [-0.05, 0) is 59.0 Å². The van der Waals surface area contributed by atoms with E-state index < -0.39 is 6.23 Å². The highest BCUT2D eigenvalue weighted by Gasteiger charge is 2.51. The topological polar surface area (TPSA) is 87.1 Å². The van der Waals surface area contributed by atoms with Crippen LogP contribution in [0, 0.1) is 6.92 Å². The molecule has 4 aliphatic heterocycles. The fourth-order valence-electron chi connectivity index (χ4n) is 6.95. The standard InChI is InChI=1S/C38H26N2O5/c1-21-13-28-27(16-32(21)45-2)31(23-11-7-4-8-12-23)18-39-35(28)33-34(38(39)44)36-29-15-25(20-42)24(19-41)14-26(29)30(17-40(36)37(33)43)22-9-5-3-6-10-22/h3-20,37,43H,1-2H3. The highest BCUT2D eigenvalue weighted by molar-refractivity contribution is 6.20. The predicted molar refractivity (Wildman–Crippen MR) is 171 cm³/mol. The molecule has 45 heavy (non-hydrogen) atoms. The van der Waals surface area contributed by atoms with Crippen molar-refractivity contribution in [1.29, 1.82) is 0 Å². The van der Waals surface area contributed by atoms with E-state index in [0.717, 1.165) is 44.7 Å². The summed E-state index contributed by atoms with van der Waals surface area (Å²) in [4.78, 5) is 42.0. The fourth-order valence-corrected chi connectivity index (χ4v) is 6.95. The van der Waals surface area contributed by atoms with Crippen LogP contribution in [0.5, 0.6) is 5.75 Å². The smallest absolute Gasteiger partial charge is 0.265 e. The first-order valence-electron chi connectivity index (χ1n) is 14.6. The van der Waals surface area contributed by atoms with Crippen LogP contribution in [0.15, 0.2) is 108 Å². The van der Waals surface area contributed by atoms with Crippen LogP contribution in [0.2, 0.25) is 0 Å². The van der Waals surface area contributed by atoms with Gasteiger partial charge < -0.3 is 14.7 Å². The molecule has 0 saturated carbocycles. The Bertz CT molecular complexity index is 2120. The van der Waals surface area contributed by atoms with Crippen molar-refractivity contribution in [2.45, 2.75) is 13.2 Å². The summed E-state index contributed by atoms with van der Waals surface area (Å²) < 4.78 is 5.69. The molecule has 7 nitrogen and oxygen atoms in total. The van der Waals surface area contributed by atoms with Crippen molar-refractivity contribution in [3.05, 3.63) is 159 Å². The van der Waals surface area contributed by atoms with E-state index in [1.54, 1.807) is 29.0 Å². The minimum absolute atomic E-state index is 0.212. The molecule has 1 unspecified atom stereocenters. The second-order valence-corrected chi connectivity index (χ2v) is 11.4. The number of carbonyl (C=O) groups excluding carboxylic acids is 3. The molecule has 0 fully saturated rings. The number of methoxy groups -OCH3 is 1. The molecule has 1 amide bonds. The van der Waals surface area contributed by atoms with E-state index in [-0.39, 0.29) is 17.0 Å². The lowest BCUT2D eigenvalue weighted by atomic mass is 9.86. The largest absolute Gasteiger partial charge is 0.496 e. The molecular weight excluding hydrogens is 564 g/mol. The summed E-state index contributed by atoms with van der Waals surface area (Å²) in [6, 6.07) is 26.8. The Balaban J connectivity index is 1.43. The minimum Gasteiger partial charge on any atom is -0.496 e. The molecule has 0 aliphatic carbocycles. The molecular formula is C38H26N2O5. The number of aliphatic hydroxyl groups excluding tert-OH is 1. The van der Waals surface area contributed by atoms with Gasteiger partial charge in [0.1, 0.15) is 5.75 Å². The average molecular weight is 591 g/mol. The Morgan fingerprint density at radius 1 is 0.733 bits per heavy atom. The first-order chi connectivity index (χ1) is 21.9. The maximum atomic E-state index is 14.5. The molecule has 0 bridgehead atoms. The van der Waals surface area contributed by atoms with Crippen molar-refractivity contribution in [1.82, 2.24) is 9.80 Å². The zero-order valence-electron chi connectivity index (χ0n) is 24.4. The lowest BCUT2D eigenvalue weighted by molar-refractivity contribution is -0.121. The molecule has 7 heteroatoms. The third kappa shape index (κ3) is 3.71. The maximum Gasteiger partial charge on any atom is 0.265 e. The number of fused-ring (bicyclic) bond motifs is 7. The number of aliphatic hydroxyl groups is 1. The Kier molecular flexibility index (Phi) is 5.88. The lowest BCUT2D eigenvalue weighted by Gasteiger charge is -2.33. The predicted octanol–water partition coefficient (Wildman–Crippen LogP) is 6.03. The molecule has 218 valence electrons. The van der Waals surface area contributed by atoms with E-state index in [1.165, 1.54) is 0 Å². The molecule has 0 radical (unpaired) electrons. The maximum absolute atomic E-state index is 14.5. The highest BCUT2D eigenvalue weighted by Crippen LogP contribution is 2.55. The quantitative estimate of drug-likeness (QED) is 0.286. The third-order valence-electron chi connectivity index (χ3n) is 9.01. The number of ether oxygens (including phenoxy) is 1. The fraction of sp³-hybridized carbons (Fsp3) is 0.0789. The lowest BCUT2D eigenvalue weighted by Crippen LogP contribution is -2.31. The van der Waals surface area contributed by atoms with E-state index in [2.05, 4.69) is 0 Å². The minimum atomic E-state index is -1.18. The van der Waals surface area contributed by atoms with Crippen LogP contribution in [-0.4, -0.2) is 46.7 Å². The van der Waals surface area contributed by atoms with Crippen molar-refractivity contribution in [3.63, 3.8) is 0 Å². The van der Waals surface area contributed by atoms with Crippen LogP contribution in [0.1, 0.15) is 59.7 Å². The van der Waals surface area contributed by atoms with Gasteiger partial charge >= 0.3 is 0 Å². The Labute approximate surface area is 259 Å². The van der Waals surface area contributed by atoms with E-state index in [1.807, 2.05) is 92.1 Å². The monoisotopic (exact) mass is 590 g/mol. The van der Waals surface area contributed by atoms with Crippen LogP contribution >= 0.6 is 0 Å². The van der Waals surface area contributed by atoms with Crippen LogP contribution in [-0.2, 0) is 4.79 Å². The zero-order chi connectivity index (χ0) is 31.0. The molecule has 4 aromatic rings. The molecule has 0 spiro atoms. The summed E-state index contributed by atoms with van der Waals surface area (Å²) in [7, 11) is 1.63. The van der Waals surface area contributed by atoms with Crippen LogP contribution < -0.4 is 4.74 Å². The number of nitrogens with zero attached hydrogens (tertiary/aromatic N) is 2. The normalized spacial score (nSPS) is 17.7. The van der Waals surface area contributed by atoms with E-state index >= 15 is 0 Å². The number of benzene rings is 4. The second-order valence-electron chi connectivity index (χ2n) is 11.4. The van der Waals surface area contributed by atoms with Crippen molar-refractivity contribution in [2.75, 3.05) is 7.11 Å². The Morgan fingerprint density at radius 3 is 1.89 bits per heavy atom. The van der Waals surface area contributed by atoms with Gasteiger partial charge in [-0.25, -0.2) is 0 Å². The molecule has 1 atom stereocenters. The summed E-state index contributed by atoms with van der Waals surface area (Å²) in [5, 5.41) is 12.1. The van der Waals surface area contributed by atoms with Gasteiger partial charge in [-0.15, -0.1) is 0 Å². The molecule has 0 aromatic heterocycles.